The summed E-state index contributed by atoms with van der Waals surface area (Å²) in [6.07, 6.45) is 31.0. The third kappa shape index (κ3) is 28.9. The Morgan fingerprint density at radius 1 is 0.400 bits per heavy atom. The average Bonchev–Trinajstić information content (AvgIpc) is 2.70. The molecule has 0 aromatic carbocycles. The van der Waals surface area contributed by atoms with Crippen molar-refractivity contribution in [2.24, 2.45) is 0 Å². The zero-order valence-electron chi connectivity index (χ0n) is 19.8. The SMILES string of the molecule is O=P(O)(O)CCCCCCCCCCCCCCCCCCCCCCCCCI. The second-order valence-electron chi connectivity index (χ2n) is 9.21. The molecule has 182 valence electrons. The van der Waals surface area contributed by atoms with Crippen molar-refractivity contribution in [3.05, 3.63) is 0 Å². The first-order valence-electron chi connectivity index (χ1n) is 13.2. The van der Waals surface area contributed by atoms with Crippen molar-refractivity contribution in [3.8, 4) is 0 Å². The molecule has 0 unspecified atom stereocenters. The number of hydrogen-bond acceptors (Lipinski definition) is 1. The smallest absolute Gasteiger partial charge is 0.324 e. The second-order valence-corrected chi connectivity index (χ2v) is 12.1. The van der Waals surface area contributed by atoms with E-state index in [2.05, 4.69) is 22.6 Å². The maximum Gasteiger partial charge on any atom is 0.325 e. The van der Waals surface area contributed by atoms with E-state index in [4.69, 9.17) is 9.79 Å². The first-order valence-corrected chi connectivity index (χ1v) is 16.5. The van der Waals surface area contributed by atoms with Crippen molar-refractivity contribution in [3.63, 3.8) is 0 Å². The Kier molecular flexibility index (Phi) is 25.2. The van der Waals surface area contributed by atoms with Crippen LogP contribution in [0.25, 0.3) is 0 Å². The minimum atomic E-state index is -3.76. The fourth-order valence-corrected chi connectivity index (χ4v) is 5.30. The van der Waals surface area contributed by atoms with Crippen molar-refractivity contribution in [2.75, 3.05) is 10.6 Å². The Balaban J connectivity index is 3.03. The van der Waals surface area contributed by atoms with Gasteiger partial charge in [-0.05, 0) is 17.3 Å². The lowest BCUT2D eigenvalue weighted by Crippen LogP contribution is -1.88. The maximum absolute atomic E-state index is 10.7. The van der Waals surface area contributed by atoms with Gasteiger partial charge in [-0.3, -0.25) is 4.57 Å². The second kappa shape index (κ2) is 24.5. The zero-order chi connectivity index (χ0) is 22.2. The van der Waals surface area contributed by atoms with Crippen molar-refractivity contribution >= 4 is 30.2 Å². The molecular formula is C25H52IO3P. The van der Waals surface area contributed by atoms with Crippen LogP contribution in [0.2, 0.25) is 0 Å². The zero-order valence-corrected chi connectivity index (χ0v) is 22.9. The highest BCUT2D eigenvalue weighted by Crippen LogP contribution is 2.35. The Morgan fingerprint density at radius 3 is 0.800 bits per heavy atom. The fraction of sp³-hybridized carbons (Fsp3) is 1.00. The number of unbranched alkanes of at least 4 members (excludes halogenated alkanes) is 22. The van der Waals surface area contributed by atoms with Gasteiger partial charge in [0.05, 0.1) is 0 Å². The molecule has 0 aromatic heterocycles. The molecule has 0 aromatic rings. The lowest BCUT2D eigenvalue weighted by molar-refractivity contribution is 0.370. The van der Waals surface area contributed by atoms with Gasteiger partial charge in [-0.2, -0.15) is 0 Å². The number of halogens is 1. The van der Waals surface area contributed by atoms with Crippen molar-refractivity contribution in [2.45, 2.75) is 148 Å². The van der Waals surface area contributed by atoms with Gasteiger partial charge >= 0.3 is 7.60 Å². The molecule has 0 aliphatic carbocycles. The van der Waals surface area contributed by atoms with Crippen LogP contribution in [0.3, 0.4) is 0 Å². The third-order valence-corrected chi connectivity index (χ3v) is 7.74. The summed E-state index contributed by atoms with van der Waals surface area (Å²) in [4.78, 5) is 17.6. The normalized spacial score (nSPS) is 12.0. The van der Waals surface area contributed by atoms with Gasteiger partial charge in [0.2, 0.25) is 0 Å². The Morgan fingerprint density at radius 2 is 0.600 bits per heavy atom. The lowest BCUT2D eigenvalue weighted by Gasteiger charge is -2.05. The van der Waals surface area contributed by atoms with Crippen LogP contribution < -0.4 is 0 Å². The molecule has 5 heteroatoms. The summed E-state index contributed by atoms with van der Waals surface area (Å²) in [5.41, 5.74) is 0. The molecule has 0 aliphatic heterocycles. The number of alkyl halides is 1. The van der Waals surface area contributed by atoms with E-state index < -0.39 is 7.60 Å². The molecule has 0 fully saturated rings. The fourth-order valence-electron chi connectivity index (χ4n) is 4.12. The molecule has 2 N–H and O–H groups in total. The minimum absolute atomic E-state index is 0.0616. The third-order valence-electron chi connectivity index (χ3n) is 6.08. The van der Waals surface area contributed by atoms with E-state index in [1.807, 2.05) is 0 Å². The van der Waals surface area contributed by atoms with E-state index in [0.717, 1.165) is 12.8 Å². The molecule has 0 saturated heterocycles. The van der Waals surface area contributed by atoms with Gasteiger partial charge in [-0.25, -0.2) is 0 Å². The van der Waals surface area contributed by atoms with Crippen molar-refractivity contribution < 1.29 is 14.4 Å². The summed E-state index contributed by atoms with van der Waals surface area (Å²) in [5.74, 6) is 0. The van der Waals surface area contributed by atoms with Crippen LogP contribution in [-0.2, 0) is 4.57 Å². The molecule has 0 rings (SSSR count). The van der Waals surface area contributed by atoms with Crippen LogP contribution >= 0.6 is 30.2 Å². The van der Waals surface area contributed by atoms with Crippen LogP contribution in [0.1, 0.15) is 148 Å². The molecule has 0 radical (unpaired) electrons. The highest BCUT2D eigenvalue weighted by atomic mass is 127. The van der Waals surface area contributed by atoms with E-state index in [-0.39, 0.29) is 6.16 Å². The molecule has 3 nitrogen and oxygen atoms in total. The summed E-state index contributed by atoms with van der Waals surface area (Å²) in [6.45, 7) is 0. The van der Waals surface area contributed by atoms with E-state index in [9.17, 15) is 4.57 Å². The molecule has 0 saturated carbocycles. The predicted octanol–water partition coefficient (Wildman–Crippen LogP) is 9.57. The maximum atomic E-state index is 10.7. The average molecular weight is 559 g/mol. The molecular weight excluding hydrogens is 506 g/mol. The summed E-state index contributed by atoms with van der Waals surface area (Å²) in [7, 11) is -3.76. The monoisotopic (exact) mass is 558 g/mol. The van der Waals surface area contributed by atoms with Crippen LogP contribution in [0.15, 0.2) is 0 Å². The van der Waals surface area contributed by atoms with Gasteiger partial charge in [0, 0.05) is 6.16 Å². The van der Waals surface area contributed by atoms with Gasteiger partial charge in [0.15, 0.2) is 0 Å². The van der Waals surface area contributed by atoms with Crippen molar-refractivity contribution in [1.82, 2.24) is 0 Å². The van der Waals surface area contributed by atoms with Crippen LogP contribution in [-0.4, -0.2) is 20.4 Å². The highest BCUT2D eigenvalue weighted by molar-refractivity contribution is 14.1. The van der Waals surface area contributed by atoms with Gasteiger partial charge in [-0.15, -0.1) is 0 Å². The van der Waals surface area contributed by atoms with E-state index in [1.54, 1.807) is 0 Å². The lowest BCUT2D eigenvalue weighted by atomic mass is 10.0. The summed E-state index contributed by atoms with van der Waals surface area (Å²) in [6, 6.07) is 0. The molecule has 30 heavy (non-hydrogen) atoms. The van der Waals surface area contributed by atoms with Gasteiger partial charge < -0.3 is 9.79 Å². The molecule has 0 heterocycles. The first-order chi connectivity index (χ1) is 14.6. The predicted molar refractivity (Wildman–Crippen MR) is 142 cm³/mol. The van der Waals surface area contributed by atoms with E-state index >= 15 is 0 Å². The quantitative estimate of drug-likeness (QED) is 0.0508. The summed E-state index contributed by atoms with van der Waals surface area (Å²) in [5, 5.41) is 0. The first kappa shape index (κ1) is 30.9. The highest BCUT2D eigenvalue weighted by Gasteiger charge is 2.10. The molecule has 0 atom stereocenters. The molecule has 0 bridgehead atoms. The Bertz CT molecular complexity index is 373. The molecule has 0 aliphatic rings. The minimum Gasteiger partial charge on any atom is -0.324 e. The van der Waals surface area contributed by atoms with Gasteiger partial charge in [-0.1, -0.05) is 157 Å². The van der Waals surface area contributed by atoms with Gasteiger partial charge in [0.25, 0.3) is 0 Å². The Hall–Kier alpha value is 0.880. The molecule has 0 amide bonds. The van der Waals surface area contributed by atoms with Crippen molar-refractivity contribution in [1.29, 1.82) is 0 Å². The van der Waals surface area contributed by atoms with E-state index in [0.29, 0.717) is 6.42 Å². The van der Waals surface area contributed by atoms with Crippen LogP contribution in [0.5, 0.6) is 0 Å². The Labute approximate surface area is 202 Å². The van der Waals surface area contributed by atoms with Gasteiger partial charge in [0.1, 0.15) is 0 Å². The van der Waals surface area contributed by atoms with Crippen LogP contribution in [0, 0.1) is 0 Å². The standard InChI is InChI=1S/C25H52IO3P/c26-24-22-20-18-16-14-12-10-8-6-4-2-1-3-5-7-9-11-13-15-17-19-21-23-25-30(27,28)29/h1-25H2,(H2,27,28,29). The largest absolute Gasteiger partial charge is 0.325 e. The van der Waals surface area contributed by atoms with Crippen LogP contribution in [0.4, 0.5) is 0 Å². The summed E-state index contributed by atoms with van der Waals surface area (Å²) < 4.78 is 12.1. The number of hydrogen-bond donors (Lipinski definition) is 2. The number of rotatable bonds is 25. The topological polar surface area (TPSA) is 57.5 Å². The van der Waals surface area contributed by atoms with E-state index in [1.165, 1.54) is 133 Å². The molecule has 0 spiro atoms. The summed E-state index contributed by atoms with van der Waals surface area (Å²) >= 11 is 2.48.